The number of hydrogen-bond acceptors (Lipinski definition) is 5. The Bertz CT molecular complexity index is 1130. The first-order valence-electron chi connectivity index (χ1n) is 11.5. The monoisotopic (exact) mass is 446 g/mol. The van der Waals surface area contributed by atoms with E-state index in [4.69, 9.17) is 14.5 Å². The van der Waals surface area contributed by atoms with E-state index in [0.717, 1.165) is 55.5 Å². The Kier molecular flexibility index (Phi) is 5.94. The molecular weight excluding hydrogens is 416 g/mol. The van der Waals surface area contributed by atoms with E-state index in [2.05, 4.69) is 27.7 Å². The molecule has 33 heavy (non-hydrogen) atoms. The van der Waals surface area contributed by atoms with E-state index in [1.165, 1.54) is 5.56 Å². The van der Waals surface area contributed by atoms with Crippen LogP contribution in [0.1, 0.15) is 34.2 Å². The predicted molar refractivity (Wildman–Crippen MR) is 127 cm³/mol. The van der Waals surface area contributed by atoms with E-state index < -0.39 is 0 Å². The first kappa shape index (κ1) is 21.4. The molecule has 3 aromatic rings. The quantitative estimate of drug-likeness (QED) is 0.600. The number of aryl methyl sites for hydroxylation is 1. The van der Waals surface area contributed by atoms with Crippen LogP contribution in [0.4, 0.5) is 5.69 Å². The Balaban J connectivity index is 1.24. The van der Waals surface area contributed by atoms with Crippen molar-refractivity contribution in [2.24, 2.45) is 0 Å². The molecule has 0 spiro atoms. The second kappa shape index (κ2) is 9.17. The Morgan fingerprint density at radius 3 is 2.61 bits per heavy atom. The highest BCUT2D eigenvalue weighted by Gasteiger charge is 2.28. The SMILES string of the molecule is COc1cccc(C2CCc3nc(C(=O)N4CCN(c5ccccc5OC)CC4)cn3C2)c1. The maximum Gasteiger partial charge on any atom is 0.274 e. The van der Waals surface area contributed by atoms with Crippen LogP contribution < -0.4 is 14.4 Å². The molecule has 1 amide bonds. The van der Waals surface area contributed by atoms with Crippen molar-refractivity contribution in [2.45, 2.75) is 25.3 Å². The Morgan fingerprint density at radius 1 is 1.00 bits per heavy atom. The highest BCUT2D eigenvalue weighted by Crippen LogP contribution is 2.31. The van der Waals surface area contributed by atoms with Crippen molar-refractivity contribution in [3.8, 4) is 11.5 Å². The molecule has 5 rings (SSSR count). The molecule has 1 unspecified atom stereocenters. The second-order valence-corrected chi connectivity index (χ2v) is 8.66. The minimum atomic E-state index is 0.0227. The molecule has 0 bridgehead atoms. The van der Waals surface area contributed by atoms with Crippen LogP contribution in [0.25, 0.3) is 0 Å². The van der Waals surface area contributed by atoms with Gasteiger partial charge in [-0.25, -0.2) is 4.98 Å². The number of imidazole rings is 1. The summed E-state index contributed by atoms with van der Waals surface area (Å²) in [6.07, 6.45) is 3.84. The van der Waals surface area contributed by atoms with Crippen LogP contribution in [0.5, 0.6) is 11.5 Å². The van der Waals surface area contributed by atoms with Gasteiger partial charge in [0.25, 0.3) is 5.91 Å². The van der Waals surface area contributed by atoms with Gasteiger partial charge in [0.1, 0.15) is 23.0 Å². The molecule has 2 aromatic carbocycles. The number of hydrogen-bond donors (Lipinski definition) is 0. The zero-order valence-corrected chi connectivity index (χ0v) is 19.2. The van der Waals surface area contributed by atoms with Crippen LogP contribution in [0.2, 0.25) is 0 Å². The van der Waals surface area contributed by atoms with Gasteiger partial charge in [-0.15, -0.1) is 0 Å². The van der Waals surface area contributed by atoms with Crippen LogP contribution in [0.15, 0.2) is 54.7 Å². The van der Waals surface area contributed by atoms with Crippen molar-refractivity contribution in [3.63, 3.8) is 0 Å². The van der Waals surface area contributed by atoms with Crippen molar-refractivity contribution >= 4 is 11.6 Å². The molecule has 0 saturated carbocycles. The van der Waals surface area contributed by atoms with Gasteiger partial charge in [-0.2, -0.15) is 0 Å². The molecule has 1 atom stereocenters. The largest absolute Gasteiger partial charge is 0.497 e. The topological polar surface area (TPSA) is 59.8 Å². The molecule has 1 fully saturated rings. The molecule has 2 aliphatic heterocycles. The molecule has 0 aliphatic carbocycles. The summed E-state index contributed by atoms with van der Waals surface area (Å²) in [7, 11) is 3.39. The third-order valence-electron chi connectivity index (χ3n) is 6.77. The number of fused-ring (bicyclic) bond motifs is 1. The molecule has 1 aromatic heterocycles. The van der Waals surface area contributed by atoms with Gasteiger partial charge >= 0.3 is 0 Å². The molecule has 3 heterocycles. The first-order valence-corrected chi connectivity index (χ1v) is 11.5. The van der Waals surface area contributed by atoms with Crippen LogP contribution in [0.3, 0.4) is 0 Å². The number of para-hydroxylation sites is 2. The highest BCUT2D eigenvalue weighted by molar-refractivity contribution is 5.92. The van der Waals surface area contributed by atoms with E-state index in [-0.39, 0.29) is 5.91 Å². The van der Waals surface area contributed by atoms with Crippen LogP contribution >= 0.6 is 0 Å². The average Bonchev–Trinajstić information content (AvgIpc) is 3.32. The fourth-order valence-electron chi connectivity index (χ4n) is 4.92. The van der Waals surface area contributed by atoms with Gasteiger partial charge in [0.15, 0.2) is 0 Å². The number of nitrogens with zero attached hydrogens (tertiary/aromatic N) is 4. The second-order valence-electron chi connectivity index (χ2n) is 8.66. The fraction of sp³-hybridized carbons (Fsp3) is 0.385. The molecule has 172 valence electrons. The van der Waals surface area contributed by atoms with Crippen molar-refractivity contribution in [2.75, 3.05) is 45.3 Å². The van der Waals surface area contributed by atoms with Crippen LogP contribution in [0, 0.1) is 0 Å². The van der Waals surface area contributed by atoms with Crippen LogP contribution in [-0.4, -0.2) is 60.8 Å². The number of rotatable bonds is 5. The number of carbonyl (C=O) groups excluding carboxylic acids is 1. The van der Waals surface area contributed by atoms with Crippen molar-refractivity contribution < 1.29 is 14.3 Å². The van der Waals surface area contributed by atoms with E-state index in [1.807, 2.05) is 41.4 Å². The molecule has 7 heteroatoms. The van der Waals surface area contributed by atoms with Gasteiger partial charge < -0.3 is 23.8 Å². The lowest BCUT2D eigenvalue weighted by atomic mass is 9.91. The van der Waals surface area contributed by atoms with Gasteiger partial charge in [-0.05, 0) is 36.2 Å². The summed E-state index contributed by atoms with van der Waals surface area (Å²) in [5.41, 5.74) is 2.91. The van der Waals surface area contributed by atoms with Crippen molar-refractivity contribution in [1.29, 1.82) is 0 Å². The number of aromatic nitrogens is 2. The van der Waals surface area contributed by atoms with Crippen molar-refractivity contribution in [1.82, 2.24) is 14.5 Å². The Morgan fingerprint density at radius 2 is 1.82 bits per heavy atom. The number of carbonyl (C=O) groups is 1. The number of anilines is 1. The molecule has 7 nitrogen and oxygen atoms in total. The lowest BCUT2D eigenvalue weighted by Crippen LogP contribution is -2.49. The normalized spacial score (nSPS) is 18.1. The number of amides is 1. The smallest absolute Gasteiger partial charge is 0.274 e. The van der Waals surface area contributed by atoms with E-state index >= 15 is 0 Å². The maximum atomic E-state index is 13.2. The zero-order valence-electron chi connectivity index (χ0n) is 19.2. The van der Waals surface area contributed by atoms with E-state index in [0.29, 0.717) is 24.7 Å². The van der Waals surface area contributed by atoms with Gasteiger partial charge in [-0.3, -0.25) is 4.79 Å². The third-order valence-corrected chi connectivity index (χ3v) is 6.77. The van der Waals surface area contributed by atoms with E-state index in [1.54, 1.807) is 14.2 Å². The molecule has 2 aliphatic rings. The number of methoxy groups -OCH3 is 2. The minimum Gasteiger partial charge on any atom is -0.497 e. The van der Waals surface area contributed by atoms with Gasteiger partial charge in [0.2, 0.25) is 0 Å². The summed E-state index contributed by atoms with van der Waals surface area (Å²) in [6.45, 7) is 3.73. The summed E-state index contributed by atoms with van der Waals surface area (Å²) in [5, 5.41) is 0. The van der Waals surface area contributed by atoms with E-state index in [9.17, 15) is 4.79 Å². The minimum absolute atomic E-state index is 0.0227. The fourth-order valence-corrected chi connectivity index (χ4v) is 4.92. The Labute approximate surface area is 194 Å². The number of piperazine rings is 1. The Hall–Kier alpha value is -3.48. The number of ether oxygens (including phenoxy) is 2. The maximum absolute atomic E-state index is 13.2. The standard InChI is InChI=1S/C26H30N4O3/c1-32-21-7-5-6-19(16-21)20-10-11-25-27-22(18-30(25)17-20)26(31)29-14-12-28(13-15-29)23-8-3-4-9-24(23)33-2/h3-9,16,18,20H,10-15,17H2,1-2H3. The molecule has 0 N–H and O–H groups in total. The van der Waals surface area contributed by atoms with Crippen molar-refractivity contribution in [3.05, 3.63) is 71.8 Å². The summed E-state index contributed by atoms with van der Waals surface area (Å²) >= 11 is 0. The van der Waals surface area contributed by atoms with Crippen LogP contribution in [-0.2, 0) is 13.0 Å². The first-order chi connectivity index (χ1) is 16.2. The lowest BCUT2D eigenvalue weighted by molar-refractivity contribution is 0.0741. The molecule has 0 radical (unpaired) electrons. The third kappa shape index (κ3) is 4.27. The van der Waals surface area contributed by atoms with Gasteiger partial charge in [0, 0.05) is 51.3 Å². The number of benzene rings is 2. The molecule has 1 saturated heterocycles. The predicted octanol–water partition coefficient (Wildman–Crippen LogP) is 3.59. The lowest BCUT2D eigenvalue weighted by Gasteiger charge is -2.36. The summed E-state index contributed by atoms with van der Waals surface area (Å²) in [6, 6.07) is 16.3. The average molecular weight is 447 g/mol. The molecular formula is C26H30N4O3. The highest BCUT2D eigenvalue weighted by atomic mass is 16.5. The zero-order chi connectivity index (χ0) is 22.8. The summed E-state index contributed by atoms with van der Waals surface area (Å²) in [4.78, 5) is 22.1. The van der Waals surface area contributed by atoms with Gasteiger partial charge in [-0.1, -0.05) is 24.3 Å². The summed E-state index contributed by atoms with van der Waals surface area (Å²) in [5.74, 6) is 3.17. The summed E-state index contributed by atoms with van der Waals surface area (Å²) < 4.78 is 13.0. The van der Waals surface area contributed by atoms with Gasteiger partial charge in [0.05, 0.1) is 19.9 Å².